The van der Waals surface area contributed by atoms with E-state index in [1.54, 1.807) is 18.3 Å². The first kappa shape index (κ1) is 16.0. The molecule has 134 valence electrons. The fraction of sp³-hybridized carbons (Fsp3) is 0.227. The van der Waals surface area contributed by atoms with Gasteiger partial charge in [0.2, 0.25) is 0 Å². The maximum Gasteiger partial charge on any atom is 0.119 e. The van der Waals surface area contributed by atoms with Crippen molar-refractivity contribution in [3.05, 3.63) is 60.6 Å². The molecule has 4 aromatic rings. The number of rotatable bonds is 2. The van der Waals surface area contributed by atoms with E-state index in [0.717, 1.165) is 52.8 Å². The highest BCUT2D eigenvalue weighted by molar-refractivity contribution is 5.99. The molecule has 5 nitrogen and oxygen atoms in total. The van der Waals surface area contributed by atoms with Gasteiger partial charge in [0, 0.05) is 41.6 Å². The highest BCUT2D eigenvalue weighted by atomic mass is 16.3. The Kier molecular flexibility index (Phi) is 3.85. The van der Waals surface area contributed by atoms with Crippen molar-refractivity contribution in [2.75, 3.05) is 0 Å². The number of pyridine rings is 2. The van der Waals surface area contributed by atoms with E-state index in [0.29, 0.717) is 0 Å². The molecule has 0 saturated carbocycles. The molecule has 3 aromatic heterocycles. The minimum absolute atomic E-state index is 0.228. The van der Waals surface area contributed by atoms with Crippen molar-refractivity contribution in [2.24, 2.45) is 0 Å². The zero-order chi connectivity index (χ0) is 18.2. The van der Waals surface area contributed by atoms with E-state index < -0.39 is 0 Å². The lowest BCUT2D eigenvalue weighted by molar-refractivity contribution is 0.476. The lowest BCUT2D eigenvalue weighted by Gasteiger charge is -2.10. The summed E-state index contributed by atoms with van der Waals surface area (Å²) in [7, 11) is 0. The quantitative estimate of drug-likeness (QED) is 0.570. The van der Waals surface area contributed by atoms with Crippen molar-refractivity contribution >= 4 is 10.9 Å². The second-order valence-corrected chi connectivity index (χ2v) is 6.98. The van der Waals surface area contributed by atoms with E-state index in [4.69, 9.17) is 5.10 Å². The third-order valence-corrected chi connectivity index (χ3v) is 5.24. The topological polar surface area (TPSA) is 63.8 Å². The summed E-state index contributed by atoms with van der Waals surface area (Å²) in [5.74, 6) is 0.228. The molecule has 1 aliphatic rings. The first-order valence-electron chi connectivity index (χ1n) is 9.40. The highest BCUT2D eigenvalue weighted by Crippen LogP contribution is 2.39. The zero-order valence-electron chi connectivity index (χ0n) is 15.0. The molecular weight excluding hydrogens is 336 g/mol. The number of nitrogens with zero attached hydrogens (tertiary/aromatic N) is 4. The number of phenols is 1. The van der Waals surface area contributed by atoms with Crippen LogP contribution in [0.5, 0.6) is 5.75 Å². The molecule has 0 fully saturated rings. The van der Waals surface area contributed by atoms with Gasteiger partial charge in [-0.1, -0.05) is 12.5 Å². The van der Waals surface area contributed by atoms with Crippen LogP contribution in [0.1, 0.15) is 25.0 Å². The van der Waals surface area contributed by atoms with Gasteiger partial charge in [0.1, 0.15) is 11.4 Å². The third-order valence-electron chi connectivity index (χ3n) is 5.24. The van der Waals surface area contributed by atoms with Gasteiger partial charge in [0.25, 0.3) is 0 Å². The van der Waals surface area contributed by atoms with Gasteiger partial charge in [0.15, 0.2) is 0 Å². The average Bonchev–Trinajstić information content (AvgIpc) is 2.90. The molecule has 0 amide bonds. The van der Waals surface area contributed by atoms with Crippen molar-refractivity contribution in [1.82, 2.24) is 19.7 Å². The number of benzene rings is 1. The van der Waals surface area contributed by atoms with Crippen LogP contribution in [0.4, 0.5) is 0 Å². The Morgan fingerprint density at radius 1 is 0.926 bits per heavy atom. The second-order valence-electron chi connectivity index (χ2n) is 6.98. The Morgan fingerprint density at radius 2 is 1.89 bits per heavy atom. The minimum Gasteiger partial charge on any atom is -0.508 e. The van der Waals surface area contributed by atoms with Gasteiger partial charge in [-0.05, 0) is 55.2 Å². The van der Waals surface area contributed by atoms with Crippen LogP contribution in [0.15, 0.2) is 54.9 Å². The van der Waals surface area contributed by atoms with Gasteiger partial charge in [-0.15, -0.1) is 0 Å². The molecule has 1 aliphatic heterocycles. The zero-order valence-corrected chi connectivity index (χ0v) is 15.0. The Morgan fingerprint density at radius 3 is 2.78 bits per heavy atom. The molecule has 0 spiro atoms. The molecule has 1 aromatic carbocycles. The number of fused-ring (bicyclic) bond motifs is 2. The largest absolute Gasteiger partial charge is 0.508 e. The smallest absolute Gasteiger partial charge is 0.119 e. The van der Waals surface area contributed by atoms with E-state index in [-0.39, 0.29) is 5.75 Å². The summed E-state index contributed by atoms with van der Waals surface area (Å²) in [5.41, 5.74) is 6.11. The van der Waals surface area contributed by atoms with Crippen LogP contribution in [-0.4, -0.2) is 24.9 Å². The summed E-state index contributed by atoms with van der Waals surface area (Å²) in [6, 6.07) is 13.4. The Balaban J connectivity index is 1.82. The maximum atomic E-state index is 9.85. The van der Waals surface area contributed by atoms with Crippen molar-refractivity contribution in [3.8, 4) is 28.3 Å². The molecule has 1 N–H and O–H groups in total. The summed E-state index contributed by atoms with van der Waals surface area (Å²) in [6.45, 7) is 0.943. The van der Waals surface area contributed by atoms with Gasteiger partial charge < -0.3 is 5.11 Å². The molecule has 5 rings (SSSR count). The summed E-state index contributed by atoms with van der Waals surface area (Å²) >= 11 is 0. The van der Waals surface area contributed by atoms with Gasteiger partial charge in [-0.2, -0.15) is 5.10 Å². The molecule has 0 unspecified atom stereocenters. The number of phenolic OH excluding ortho intramolecular Hbond substituents is 1. The normalized spacial score (nSPS) is 14.1. The van der Waals surface area contributed by atoms with Crippen LogP contribution >= 0.6 is 0 Å². The van der Waals surface area contributed by atoms with Crippen LogP contribution in [0.2, 0.25) is 0 Å². The Labute approximate surface area is 157 Å². The fourth-order valence-corrected chi connectivity index (χ4v) is 3.99. The van der Waals surface area contributed by atoms with Crippen LogP contribution in [-0.2, 0) is 13.0 Å². The molecular formula is C22H20N4O. The van der Waals surface area contributed by atoms with Gasteiger partial charge in [-0.25, -0.2) is 0 Å². The fourth-order valence-electron chi connectivity index (χ4n) is 3.99. The van der Waals surface area contributed by atoms with Crippen LogP contribution in [0.3, 0.4) is 0 Å². The van der Waals surface area contributed by atoms with Crippen LogP contribution in [0, 0.1) is 0 Å². The SMILES string of the molecule is Oc1ccc2c(-c3c(-c4ccccn4)nn4c3CCCCC4)ccnc2c1. The number of hydrogen-bond acceptors (Lipinski definition) is 4. The van der Waals surface area contributed by atoms with Gasteiger partial charge >= 0.3 is 0 Å². The molecule has 27 heavy (non-hydrogen) atoms. The standard InChI is InChI=1S/C22H20N4O/c27-15-8-9-16-17(10-12-24-19(16)14-15)21-20-7-2-1-5-13-26(20)25-22(21)18-6-3-4-11-23-18/h3-4,6,8-12,14,27H,1-2,5,7,13H2. The van der Waals surface area contributed by atoms with Crippen molar-refractivity contribution in [3.63, 3.8) is 0 Å². The summed E-state index contributed by atoms with van der Waals surface area (Å²) in [6.07, 6.45) is 8.18. The molecule has 0 bridgehead atoms. The number of hydrogen-bond donors (Lipinski definition) is 1. The van der Waals surface area contributed by atoms with Crippen molar-refractivity contribution in [2.45, 2.75) is 32.2 Å². The predicted molar refractivity (Wildman–Crippen MR) is 105 cm³/mol. The first-order chi connectivity index (χ1) is 13.3. The van der Waals surface area contributed by atoms with E-state index in [1.165, 1.54) is 18.5 Å². The lowest BCUT2D eigenvalue weighted by atomic mass is 9.96. The average molecular weight is 356 g/mol. The molecule has 0 atom stereocenters. The van der Waals surface area contributed by atoms with Gasteiger partial charge in [-0.3, -0.25) is 14.6 Å². The van der Waals surface area contributed by atoms with E-state index in [9.17, 15) is 5.11 Å². The first-order valence-corrected chi connectivity index (χ1v) is 9.40. The summed E-state index contributed by atoms with van der Waals surface area (Å²) in [5, 5.41) is 15.8. The van der Waals surface area contributed by atoms with Crippen molar-refractivity contribution < 1.29 is 5.11 Å². The maximum absolute atomic E-state index is 9.85. The summed E-state index contributed by atoms with van der Waals surface area (Å²) in [4.78, 5) is 9.01. The number of aryl methyl sites for hydroxylation is 1. The second kappa shape index (κ2) is 6.50. The Bertz CT molecular complexity index is 1120. The molecule has 4 heterocycles. The predicted octanol–water partition coefficient (Wildman–Crippen LogP) is 4.59. The summed E-state index contributed by atoms with van der Waals surface area (Å²) < 4.78 is 2.17. The third kappa shape index (κ3) is 2.76. The highest BCUT2D eigenvalue weighted by Gasteiger charge is 2.23. The molecule has 0 radical (unpaired) electrons. The lowest BCUT2D eigenvalue weighted by Crippen LogP contribution is -2.02. The van der Waals surface area contributed by atoms with Crippen LogP contribution < -0.4 is 0 Å². The van der Waals surface area contributed by atoms with Crippen molar-refractivity contribution in [1.29, 1.82) is 0 Å². The number of aromatic hydroxyl groups is 1. The molecule has 0 saturated heterocycles. The molecule has 0 aliphatic carbocycles. The Hall–Kier alpha value is -3.21. The van der Waals surface area contributed by atoms with E-state index >= 15 is 0 Å². The number of aromatic nitrogens is 4. The van der Waals surface area contributed by atoms with Gasteiger partial charge in [0.05, 0.1) is 11.2 Å². The monoisotopic (exact) mass is 356 g/mol. The van der Waals surface area contributed by atoms with E-state index in [1.807, 2.05) is 30.5 Å². The molecule has 5 heteroatoms. The minimum atomic E-state index is 0.228. The van der Waals surface area contributed by atoms with E-state index in [2.05, 4.69) is 20.7 Å². The van der Waals surface area contributed by atoms with Crippen LogP contribution in [0.25, 0.3) is 33.4 Å².